The van der Waals surface area contributed by atoms with Gasteiger partial charge in [-0.05, 0) is 68.0 Å². The minimum atomic E-state index is -3.46. The van der Waals surface area contributed by atoms with Crippen molar-refractivity contribution in [3.8, 4) is 0 Å². The molecule has 28 heavy (non-hydrogen) atoms. The zero-order valence-electron chi connectivity index (χ0n) is 16.7. The predicted octanol–water partition coefficient (Wildman–Crippen LogP) is 3.79. The number of rotatable bonds is 5. The molecule has 1 aliphatic heterocycles. The fourth-order valence-corrected chi connectivity index (χ4v) is 5.25. The highest BCUT2D eigenvalue weighted by Crippen LogP contribution is 2.24. The summed E-state index contributed by atoms with van der Waals surface area (Å²) in [6.45, 7) is 6.66. The van der Waals surface area contributed by atoms with Crippen LogP contribution in [-0.4, -0.2) is 31.7 Å². The molecule has 1 heterocycles. The van der Waals surface area contributed by atoms with Crippen LogP contribution in [0.5, 0.6) is 0 Å². The molecule has 1 fully saturated rings. The molecule has 0 bridgehead atoms. The zero-order chi connectivity index (χ0) is 20.3. The number of nitrogens with one attached hydrogen (secondary N) is 1. The Kier molecular flexibility index (Phi) is 6.20. The molecule has 0 spiro atoms. The maximum atomic E-state index is 12.9. The van der Waals surface area contributed by atoms with Gasteiger partial charge in [-0.2, -0.15) is 0 Å². The number of anilines is 1. The molecule has 1 aliphatic rings. The second-order valence-corrected chi connectivity index (χ2v) is 9.64. The van der Waals surface area contributed by atoms with Crippen LogP contribution in [0.2, 0.25) is 0 Å². The topological polar surface area (TPSA) is 66.5 Å². The first-order valence-corrected chi connectivity index (χ1v) is 11.3. The van der Waals surface area contributed by atoms with Gasteiger partial charge in [0.05, 0.1) is 11.7 Å². The number of hydrogen-bond donors (Lipinski definition) is 1. The first-order chi connectivity index (χ1) is 13.3. The third kappa shape index (κ3) is 4.80. The third-order valence-electron chi connectivity index (χ3n) is 5.52. The molecule has 0 aliphatic carbocycles. The summed E-state index contributed by atoms with van der Waals surface area (Å²) in [7, 11) is -3.46. The summed E-state index contributed by atoms with van der Waals surface area (Å²) < 4.78 is 27.3. The van der Waals surface area contributed by atoms with E-state index in [-0.39, 0.29) is 24.1 Å². The number of hydrogen-bond acceptors (Lipinski definition) is 3. The first-order valence-electron chi connectivity index (χ1n) is 9.67. The lowest BCUT2D eigenvalue weighted by Crippen LogP contribution is -2.44. The average molecular weight is 401 g/mol. The number of carbonyl (C=O) groups excluding carboxylic acids is 1. The summed E-state index contributed by atoms with van der Waals surface area (Å²) in [6.07, 6.45) is 1.39. The summed E-state index contributed by atoms with van der Waals surface area (Å²) in [6, 6.07) is 13.3. The number of sulfonamides is 1. The number of benzene rings is 2. The molecule has 150 valence electrons. The van der Waals surface area contributed by atoms with Crippen molar-refractivity contribution in [1.29, 1.82) is 0 Å². The number of piperidine rings is 1. The van der Waals surface area contributed by atoms with Crippen LogP contribution in [0.25, 0.3) is 0 Å². The van der Waals surface area contributed by atoms with E-state index in [2.05, 4.69) is 5.32 Å². The summed E-state index contributed by atoms with van der Waals surface area (Å²) in [5.41, 5.74) is 4.82. The molecular formula is C22H28N2O3S. The Balaban J connectivity index is 1.68. The van der Waals surface area contributed by atoms with Gasteiger partial charge < -0.3 is 5.32 Å². The predicted molar refractivity (Wildman–Crippen MR) is 113 cm³/mol. The van der Waals surface area contributed by atoms with E-state index < -0.39 is 10.0 Å². The number of amides is 1. The van der Waals surface area contributed by atoms with Crippen molar-refractivity contribution in [3.05, 3.63) is 64.7 Å². The van der Waals surface area contributed by atoms with Gasteiger partial charge in [-0.15, -0.1) is 0 Å². The minimum absolute atomic E-state index is 0.0226. The van der Waals surface area contributed by atoms with E-state index in [4.69, 9.17) is 0 Å². The van der Waals surface area contributed by atoms with Gasteiger partial charge in [0.25, 0.3) is 0 Å². The van der Waals surface area contributed by atoms with Crippen LogP contribution in [0, 0.1) is 26.7 Å². The van der Waals surface area contributed by atoms with Crippen LogP contribution < -0.4 is 5.32 Å². The Morgan fingerprint density at radius 3 is 2.54 bits per heavy atom. The SMILES string of the molecule is Cc1ccc(NC(=O)[C@H]2CCCN(S(=O)(=O)Cc3ccccc3C)C2)cc1C. The van der Waals surface area contributed by atoms with Crippen LogP contribution in [0.1, 0.15) is 35.1 Å². The summed E-state index contributed by atoms with van der Waals surface area (Å²) in [5, 5.41) is 2.95. The van der Waals surface area contributed by atoms with Crippen LogP contribution in [0.3, 0.4) is 0 Å². The highest BCUT2D eigenvalue weighted by molar-refractivity contribution is 7.88. The zero-order valence-corrected chi connectivity index (χ0v) is 17.6. The fourth-order valence-electron chi connectivity index (χ4n) is 3.53. The average Bonchev–Trinajstić information content (AvgIpc) is 2.66. The molecule has 3 rings (SSSR count). The van der Waals surface area contributed by atoms with Gasteiger partial charge >= 0.3 is 0 Å². The van der Waals surface area contributed by atoms with Gasteiger partial charge in [-0.3, -0.25) is 4.79 Å². The van der Waals surface area contributed by atoms with Crippen LogP contribution in [0.4, 0.5) is 5.69 Å². The molecule has 0 unspecified atom stereocenters. The molecule has 1 N–H and O–H groups in total. The molecule has 0 aromatic heterocycles. The molecule has 1 atom stereocenters. The lowest BCUT2D eigenvalue weighted by molar-refractivity contribution is -0.120. The molecule has 5 nitrogen and oxygen atoms in total. The van der Waals surface area contributed by atoms with Crippen LogP contribution >= 0.6 is 0 Å². The van der Waals surface area contributed by atoms with E-state index in [9.17, 15) is 13.2 Å². The molecule has 2 aromatic rings. The van der Waals surface area contributed by atoms with Gasteiger partial charge in [0.1, 0.15) is 0 Å². The van der Waals surface area contributed by atoms with Crippen LogP contribution in [-0.2, 0) is 20.6 Å². The van der Waals surface area contributed by atoms with Crippen LogP contribution in [0.15, 0.2) is 42.5 Å². The largest absolute Gasteiger partial charge is 0.326 e. The molecular weight excluding hydrogens is 372 g/mol. The number of nitrogens with zero attached hydrogens (tertiary/aromatic N) is 1. The summed E-state index contributed by atoms with van der Waals surface area (Å²) in [4.78, 5) is 12.7. The van der Waals surface area contributed by atoms with Crippen molar-refractivity contribution in [1.82, 2.24) is 4.31 Å². The smallest absolute Gasteiger partial charge is 0.228 e. The maximum absolute atomic E-state index is 12.9. The van der Waals surface area contributed by atoms with Gasteiger partial charge in [0.15, 0.2) is 0 Å². The quantitative estimate of drug-likeness (QED) is 0.830. The van der Waals surface area contributed by atoms with Gasteiger partial charge in [-0.25, -0.2) is 12.7 Å². The van der Waals surface area contributed by atoms with E-state index in [1.807, 2.05) is 63.2 Å². The molecule has 1 saturated heterocycles. The van der Waals surface area contributed by atoms with Gasteiger partial charge in [-0.1, -0.05) is 30.3 Å². The molecule has 0 saturated carbocycles. The van der Waals surface area contributed by atoms with Gasteiger partial charge in [0, 0.05) is 18.8 Å². The van der Waals surface area contributed by atoms with Gasteiger partial charge in [0.2, 0.25) is 15.9 Å². The highest BCUT2D eigenvalue weighted by atomic mass is 32.2. The van der Waals surface area contributed by atoms with E-state index in [0.717, 1.165) is 22.4 Å². The van der Waals surface area contributed by atoms with Crippen molar-refractivity contribution < 1.29 is 13.2 Å². The van der Waals surface area contributed by atoms with Crippen molar-refractivity contribution in [2.75, 3.05) is 18.4 Å². The van der Waals surface area contributed by atoms with E-state index >= 15 is 0 Å². The van der Waals surface area contributed by atoms with Crippen molar-refractivity contribution >= 4 is 21.6 Å². The standard InChI is InChI=1S/C22H28N2O3S/c1-16-10-11-21(13-18(16)3)23-22(25)19-9-6-12-24(14-19)28(26,27)15-20-8-5-4-7-17(20)2/h4-5,7-8,10-11,13,19H,6,9,12,14-15H2,1-3H3,(H,23,25)/t19-/m0/s1. The Bertz CT molecular complexity index is 969. The van der Waals surface area contributed by atoms with Crippen molar-refractivity contribution in [2.24, 2.45) is 5.92 Å². The first kappa shape index (κ1) is 20.6. The minimum Gasteiger partial charge on any atom is -0.326 e. The lowest BCUT2D eigenvalue weighted by Gasteiger charge is -2.31. The Morgan fingerprint density at radius 2 is 1.82 bits per heavy atom. The third-order valence-corrected chi connectivity index (χ3v) is 7.32. The van der Waals surface area contributed by atoms with E-state index in [1.165, 1.54) is 9.87 Å². The Hall–Kier alpha value is -2.18. The molecule has 0 radical (unpaired) electrons. The molecule has 2 aromatic carbocycles. The summed E-state index contributed by atoms with van der Waals surface area (Å²) >= 11 is 0. The second-order valence-electron chi connectivity index (χ2n) is 7.67. The van der Waals surface area contributed by atoms with Crippen molar-refractivity contribution in [3.63, 3.8) is 0 Å². The normalized spacial score (nSPS) is 18.0. The maximum Gasteiger partial charge on any atom is 0.228 e. The highest BCUT2D eigenvalue weighted by Gasteiger charge is 2.32. The van der Waals surface area contributed by atoms with E-state index in [1.54, 1.807) is 0 Å². The lowest BCUT2D eigenvalue weighted by atomic mass is 9.98. The van der Waals surface area contributed by atoms with Crippen molar-refractivity contribution in [2.45, 2.75) is 39.4 Å². The summed E-state index contributed by atoms with van der Waals surface area (Å²) in [5.74, 6) is -0.466. The monoisotopic (exact) mass is 400 g/mol. The number of aryl methyl sites for hydroxylation is 3. The second kappa shape index (κ2) is 8.45. The Labute approximate surface area is 167 Å². The molecule has 1 amide bonds. The Morgan fingerprint density at radius 1 is 1.07 bits per heavy atom. The molecule has 6 heteroatoms. The number of carbonyl (C=O) groups is 1. The fraction of sp³-hybridized carbons (Fsp3) is 0.409. The van der Waals surface area contributed by atoms with E-state index in [0.29, 0.717) is 19.4 Å².